The lowest BCUT2D eigenvalue weighted by Crippen LogP contribution is -1.94. The smallest absolute Gasteiger partial charge is 0.363 e. The molecule has 16 heteroatoms. The van der Waals surface area contributed by atoms with Crippen molar-refractivity contribution in [2.24, 2.45) is 12.0 Å². The first-order valence-electron chi connectivity index (χ1n) is 12.2. The molecule has 220 valence electrons. The fourth-order valence-corrected chi connectivity index (χ4v) is 5.07. The van der Waals surface area contributed by atoms with Crippen molar-refractivity contribution in [3.05, 3.63) is 106 Å². The van der Waals surface area contributed by atoms with Gasteiger partial charge in [0.2, 0.25) is 0 Å². The molecule has 0 N–H and O–H groups in total. The van der Waals surface area contributed by atoms with E-state index in [2.05, 4.69) is 67.8 Å². The molecule has 0 saturated carbocycles. The zero-order valence-corrected chi connectivity index (χ0v) is 27.1. The molecule has 0 fully saturated rings. The van der Waals surface area contributed by atoms with Crippen molar-refractivity contribution in [3.8, 4) is 23.0 Å². The van der Waals surface area contributed by atoms with Gasteiger partial charge >= 0.3 is 11.6 Å². The molecule has 0 saturated heterocycles. The summed E-state index contributed by atoms with van der Waals surface area (Å²) in [6.45, 7) is 2.63. The molecule has 0 bridgehead atoms. The molecule has 0 aliphatic carbocycles. The van der Waals surface area contributed by atoms with Gasteiger partial charge in [0, 0.05) is 47.4 Å². The average Bonchev–Trinajstić information content (AvgIpc) is 3.33. The first-order chi connectivity index (χ1) is 20.5. The van der Waals surface area contributed by atoms with Crippen LogP contribution in [0.25, 0.3) is 10.9 Å². The van der Waals surface area contributed by atoms with Crippen LogP contribution in [0.1, 0.15) is 12.5 Å². The highest BCUT2D eigenvalue weighted by Crippen LogP contribution is 2.35. The molecule has 3 heterocycles. The van der Waals surface area contributed by atoms with Crippen molar-refractivity contribution < 1.29 is 19.3 Å². The summed E-state index contributed by atoms with van der Waals surface area (Å²) in [6, 6.07) is 13.0. The van der Waals surface area contributed by atoms with Gasteiger partial charge in [-0.05, 0) is 95.0 Å². The minimum absolute atomic E-state index is 0.218. The Kier molecular flexibility index (Phi) is 10.5. The van der Waals surface area contributed by atoms with Crippen LogP contribution in [0, 0.1) is 20.2 Å². The number of benzene rings is 2. The molecule has 5 aromatic rings. The van der Waals surface area contributed by atoms with Crippen LogP contribution in [0.15, 0.2) is 85.5 Å². The summed E-state index contributed by atoms with van der Waals surface area (Å²) in [6.07, 6.45) is 6.12. The van der Waals surface area contributed by atoms with Gasteiger partial charge in [-0.1, -0.05) is 15.9 Å². The number of halogens is 3. The van der Waals surface area contributed by atoms with Crippen LogP contribution in [0.5, 0.6) is 23.0 Å². The molecule has 0 aliphatic rings. The van der Waals surface area contributed by atoms with E-state index < -0.39 is 9.85 Å². The Hall–Kier alpha value is -4.28. The van der Waals surface area contributed by atoms with Crippen LogP contribution in [0.2, 0.25) is 0 Å². The van der Waals surface area contributed by atoms with Gasteiger partial charge in [-0.15, -0.1) is 0 Å². The van der Waals surface area contributed by atoms with E-state index in [-0.39, 0.29) is 11.6 Å². The van der Waals surface area contributed by atoms with Crippen molar-refractivity contribution in [1.29, 1.82) is 0 Å². The summed E-state index contributed by atoms with van der Waals surface area (Å²) in [5.41, 5.74) is 1.84. The number of nitrogens with zero attached hydrogens (tertiary/aromatic N) is 7. The van der Waals surface area contributed by atoms with E-state index in [0.29, 0.717) is 29.5 Å². The maximum atomic E-state index is 10.6. The normalized spacial score (nSPS) is 10.8. The highest BCUT2D eigenvalue weighted by molar-refractivity contribution is 9.11. The molecule has 0 unspecified atom stereocenters. The van der Waals surface area contributed by atoms with Crippen molar-refractivity contribution >= 4 is 76.5 Å². The zero-order valence-electron chi connectivity index (χ0n) is 22.3. The number of hydrogen-bond acceptors (Lipinski definition) is 10. The second-order valence-electron chi connectivity index (χ2n) is 8.46. The minimum atomic E-state index is -0.557. The minimum Gasteiger partial charge on any atom is -0.452 e. The standard InChI is InChI=1S/C14H11Br2N3O3.C13H9BrN4O3/c1-2-17-7-9-5-13(12(16)6-11(9)15)22-10-3-4-14(18-8-10)19(20)21;1-17-11-5-10(14)12(4-8(11)6-16-17)21-9-2-3-13(15-7-9)18(19)20/h3-8H,2H2,1H3;2-7H,1H3. The Balaban J connectivity index is 0.000000197. The van der Waals surface area contributed by atoms with E-state index >= 15 is 0 Å². The number of hydrogen-bond donors (Lipinski definition) is 0. The number of aliphatic imine (C=N–C) groups is 1. The van der Waals surface area contributed by atoms with E-state index in [1.807, 2.05) is 38.2 Å². The maximum absolute atomic E-state index is 10.6. The number of pyridine rings is 2. The third-order valence-corrected chi connectivity index (χ3v) is 7.46. The lowest BCUT2D eigenvalue weighted by atomic mass is 10.2. The molecular weight excluding hydrogens is 758 g/mol. The molecule has 0 spiro atoms. The van der Waals surface area contributed by atoms with Gasteiger partial charge in [0.1, 0.15) is 11.5 Å². The maximum Gasteiger partial charge on any atom is 0.363 e. The SMILES string of the molecule is CCN=Cc1cc(Oc2ccc([N+](=O)[O-])nc2)c(Br)cc1Br.Cn1ncc2cc(Oc3ccc([N+](=O)[O-])nc3)c(Br)cc21. The summed E-state index contributed by atoms with van der Waals surface area (Å²) in [5.74, 6) is 1.54. The molecule has 2 aromatic carbocycles. The Labute approximate surface area is 269 Å². The second-order valence-corrected chi connectivity index (χ2v) is 11.0. The summed E-state index contributed by atoms with van der Waals surface area (Å²) in [7, 11) is 1.86. The van der Waals surface area contributed by atoms with Crippen LogP contribution >= 0.6 is 47.8 Å². The van der Waals surface area contributed by atoms with Crippen molar-refractivity contribution in [2.75, 3.05) is 6.54 Å². The fraction of sp³-hybridized carbons (Fsp3) is 0.111. The van der Waals surface area contributed by atoms with E-state index in [1.54, 1.807) is 17.1 Å². The molecule has 13 nitrogen and oxygen atoms in total. The first kappa shape index (κ1) is 31.7. The van der Waals surface area contributed by atoms with Crippen LogP contribution in [-0.4, -0.2) is 42.4 Å². The fourth-order valence-electron chi connectivity index (χ4n) is 3.48. The third-order valence-electron chi connectivity index (χ3n) is 5.54. The van der Waals surface area contributed by atoms with Crippen molar-refractivity contribution in [2.45, 2.75) is 6.92 Å². The predicted molar refractivity (Wildman–Crippen MR) is 170 cm³/mol. The number of aromatic nitrogens is 4. The van der Waals surface area contributed by atoms with Crippen molar-refractivity contribution in [1.82, 2.24) is 19.7 Å². The molecule has 43 heavy (non-hydrogen) atoms. The van der Waals surface area contributed by atoms with Gasteiger partial charge in [0.15, 0.2) is 23.9 Å². The Morgan fingerprint density at radius 2 is 1.40 bits per heavy atom. The van der Waals surface area contributed by atoms with E-state index in [9.17, 15) is 20.2 Å². The summed E-state index contributed by atoms with van der Waals surface area (Å²) < 4.78 is 15.5. The number of aryl methyl sites for hydroxylation is 1. The predicted octanol–water partition coefficient (Wildman–Crippen LogP) is 8.18. The third kappa shape index (κ3) is 8.18. The molecule has 0 atom stereocenters. The average molecular weight is 778 g/mol. The summed E-state index contributed by atoms with van der Waals surface area (Å²) >= 11 is 10.3. The first-order valence-corrected chi connectivity index (χ1v) is 14.6. The molecular formula is C27H20Br3N7O6. The molecule has 0 aliphatic heterocycles. The molecule has 5 rings (SSSR count). The van der Waals surface area contributed by atoms with E-state index in [4.69, 9.17) is 9.47 Å². The van der Waals surface area contributed by atoms with Gasteiger partial charge in [-0.2, -0.15) is 5.10 Å². The molecule has 0 amide bonds. The van der Waals surface area contributed by atoms with Crippen molar-refractivity contribution in [3.63, 3.8) is 0 Å². The van der Waals surface area contributed by atoms with Gasteiger partial charge in [0.25, 0.3) is 0 Å². The highest BCUT2D eigenvalue weighted by Gasteiger charge is 2.13. The van der Waals surface area contributed by atoms with Crippen LogP contribution in [-0.2, 0) is 7.05 Å². The number of nitro groups is 2. The number of ether oxygens (including phenoxy) is 2. The van der Waals surface area contributed by atoms with Crippen LogP contribution < -0.4 is 9.47 Å². The van der Waals surface area contributed by atoms with E-state index in [1.165, 1.54) is 36.7 Å². The monoisotopic (exact) mass is 775 g/mol. The van der Waals surface area contributed by atoms with Crippen LogP contribution in [0.3, 0.4) is 0 Å². The van der Waals surface area contributed by atoms with Gasteiger partial charge < -0.3 is 29.7 Å². The summed E-state index contributed by atoms with van der Waals surface area (Å²) in [5, 5.41) is 26.2. The molecule has 3 aromatic heterocycles. The Morgan fingerprint density at radius 3 is 1.91 bits per heavy atom. The topological polar surface area (TPSA) is 161 Å². The van der Waals surface area contributed by atoms with Crippen LogP contribution in [0.4, 0.5) is 11.6 Å². The van der Waals surface area contributed by atoms with E-state index in [0.717, 1.165) is 29.9 Å². The number of rotatable bonds is 8. The zero-order chi connectivity index (χ0) is 31.1. The summed E-state index contributed by atoms with van der Waals surface area (Å²) in [4.78, 5) is 31.7. The second kappa shape index (κ2) is 14.3. The van der Waals surface area contributed by atoms with Gasteiger partial charge in [-0.3, -0.25) is 9.67 Å². The lowest BCUT2D eigenvalue weighted by molar-refractivity contribution is -0.389. The van der Waals surface area contributed by atoms with Gasteiger partial charge in [0.05, 0.1) is 20.7 Å². The number of fused-ring (bicyclic) bond motifs is 1. The highest BCUT2D eigenvalue weighted by atomic mass is 79.9. The Morgan fingerprint density at radius 1 is 0.837 bits per heavy atom. The quantitative estimate of drug-likeness (QED) is 0.0860. The lowest BCUT2D eigenvalue weighted by Gasteiger charge is -2.09. The Bertz CT molecular complexity index is 1810. The largest absolute Gasteiger partial charge is 0.452 e. The van der Waals surface area contributed by atoms with Gasteiger partial charge in [-0.25, -0.2) is 0 Å². The molecule has 0 radical (unpaired) electrons.